The van der Waals surface area contributed by atoms with Crippen molar-refractivity contribution < 1.29 is 5.11 Å². The molecule has 0 bridgehead atoms. The van der Waals surface area contributed by atoms with Crippen LogP contribution in [0.15, 0.2) is 18.5 Å². The molecule has 4 heteroatoms. The van der Waals surface area contributed by atoms with Crippen LogP contribution in [0.5, 0.6) is 0 Å². The van der Waals surface area contributed by atoms with Gasteiger partial charge in [0.15, 0.2) is 0 Å². The first-order valence-corrected chi connectivity index (χ1v) is 5.28. The van der Waals surface area contributed by atoms with E-state index < -0.39 is 6.10 Å². The number of nitrogens with one attached hydrogen (secondary N) is 2. The fourth-order valence-electron chi connectivity index (χ4n) is 1.48. The van der Waals surface area contributed by atoms with Gasteiger partial charge < -0.3 is 21.1 Å². The van der Waals surface area contributed by atoms with Gasteiger partial charge in [0, 0.05) is 37.4 Å². The summed E-state index contributed by atoms with van der Waals surface area (Å²) in [5.41, 5.74) is 6.65. The third kappa shape index (κ3) is 3.66. The number of aromatic amines is 1. The molecule has 1 aromatic rings. The number of hydrogen-bond donors (Lipinski definition) is 4. The van der Waals surface area contributed by atoms with Gasteiger partial charge in [-0.2, -0.15) is 0 Å². The van der Waals surface area contributed by atoms with E-state index in [0.717, 1.165) is 6.54 Å². The minimum atomic E-state index is -0.452. The van der Waals surface area contributed by atoms with Crippen LogP contribution in [-0.2, 0) is 5.41 Å². The molecular weight excluding hydrogens is 190 g/mol. The van der Waals surface area contributed by atoms with Gasteiger partial charge in [-0.3, -0.25) is 0 Å². The Balaban J connectivity index is 2.37. The van der Waals surface area contributed by atoms with Gasteiger partial charge in [-0.05, 0) is 11.6 Å². The highest BCUT2D eigenvalue weighted by atomic mass is 16.3. The quantitative estimate of drug-likeness (QED) is 0.543. The lowest BCUT2D eigenvalue weighted by Crippen LogP contribution is -2.39. The summed E-state index contributed by atoms with van der Waals surface area (Å²) >= 11 is 0. The normalized spacial score (nSPS) is 14.1. The van der Waals surface area contributed by atoms with E-state index in [-0.39, 0.29) is 5.41 Å². The average molecular weight is 211 g/mol. The molecule has 0 aromatic carbocycles. The standard InChI is InChI=1S/C11H21N3O/c1-11(2,9-3-4-13-6-9)8-14-7-10(15)5-12/h3-4,6,10,13-15H,5,7-8,12H2,1-2H3. The highest BCUT2D eigenvalue weighted by molar-refractivity contribution is 5.20. The van der Waals surface area contributed by atoms with E-state index in [0.29, 0.717) is 13.1 Å². The van der Waals surface area contributed by atoms with Crippen LogP contribution in [0.4, 0.5) is 0 Å². The maximum absolute atomic E-state index is 9.29. The molecule has 1 rings (SSSR count). The lowest BCUT2D eigenvalue weighted by Gasteiger charge is -2.24. The molecule has 1 aromatic heterocycles. The Bertz CT molecular complexity index is 269. The van der Waals surface area contributed by atoms with Crippen LogP contribution in [0.3, 0.4) is 0 Å². The van der Waals surface area contributed by atoms with Gasteiger partial charge in [0.2, 0.25) is 0 Å². The second-order valence-corrected chi connectivity index (χ2v) is 4.50. The zero-order valence-electron chi connectivity index (χ0n) is 9.46. The first kappa shape index (κ1) is 12.2. The van der Waals surface area contributed by atoms with E-state index >= 15 is 0 Å². The summed E-state index contributed by atoms with van der Waals surface area (Å²) in [6, 6.07) is 2.07. The van der Waals surface area contributed by atoms with E-state index in [2.05, 4.69) is 30.2 Å². The molecule has 1 atom stereocenters. The fourth-order valence-corrected chi connectivity index (χ4v) is 1.48. The Morgan fingerprint density at radius 3 is 2.87 bits per heavy atom. The minimum absolute atomic E-state index is 0.0638. The number of aromatic nitrogens is 1. The summed E-state index contributed by atoms with van der Waals surface area (Å²) in [5, 5.41) is 12.5. The zero-order chi connectivity index (χ0) is 11.3. The van der Waals surface area contributed by atoms with E-state index in [1.807, 2.05) is 12.4 Å². The molecule has 1 heterocycles. The van der Waals surface area contributed by atoms with Crippen LogP contribution < -0.4 is 11.1 Å². The van der Waals surface area contributed by atoms with Crippen molar-refractivity contribution in [2.24, 2.45) is 5.73 Å². The summed E-state index contributed by atoms with van der Waals surface area (Å²) in [6.07, 6.45) is 3.47. The Morgan fingerprint density at radius 2 is 2.33 bits per heavy atom. The summed E-state index contributed by atoms with van der Waals surface area (Å²) in [4.78, 5) is 3.05. The number of rotatable bonds is 6. The summed E-state index contributed by atoms with van der Waals surface area (Å²) in [5.74, 6) is 0. The van der Waals surface area contributed by atoms with Gasteiger partial charge in [0.25, 0.3) is 0 Å². The van der Waals surface area contributed by atoms with Crippen LogP contribution >= 0.6 is 0 Å². The molecule has 0 amide bonds. The Hall–Kier alpha value is -0.840. The van der Waals surface area contributed by atoms with Crippen molar-refractivity contribution in [3.8, 4) is 0 Å². The van der Waals surface area contributed by atoms with Gasteiger partial charge >= 0.3 is 0 Å². The predicted octanol–water partition coefficient (Wildman–Crippen LogP) is 0.202. The summed E-state index contributed by atoms with van der Waals surface area (Å²) in [6.45, 7) is 6.00. The fraction of sp³-hybridized carbons (Fsp3) is 0.636. The molecule has 1 unspecified atom stereocenters. The molecule has 0 fully saturated rings. The van der Waals surface area contributed by atoms with Crippen molar-refractivity contribution in [1.29, 1.82) is 0 Å². The number of aliphatic hydroxyl groups is 1. The zero-order valence-corrected chi connectivity index (χ0v) is 9.46. The van der Waals surface area contributed by atoms with Gasteiger partial charge in [0.05, 0.1) is 6.10 Å². The molecule has 0 aliphatic rings. The number of H-pyrrole nitrogens is 1. The van der Waals surface area contributed by atoms with Gasteiger partial charge in [-0.15, -0.1) is 0 Å². The topological polar surface area (TPSA) is 74.1 Å². The minimum Gasteiger partial charge on any atom is -0.390 e. The van der Waals surface area contributed by atoms with Gasteiger partial charge in [-0.25, -0.2) is 0 Å². The molecule has 0 saturated heterocycles. The largest absolute Gasteiger partial charge is 0.390 e. The van der Waals surface area contributed by atoms with Gasteiger partial charge in [-0.1, -0.05) is 13.8 Å². The van der Waals surface area contributed by atoms with E-state index in [9.17, 15) is 5.11 Å². The average Bonchev–Trinajstić information content (AvgIpc) is 2.70. The molecule has 86 valence electrons. The van der Waals surface area contributed by atoms with Crippen LogP contribution in [0.1, 0.15) is 19.4 Å². The Morgan fingerprint density at radius 1 is 1.60 bits per heavy atom. The number of aliphatic hydroxyl groups excluding tert-OH is 1. The molecule has 0 radical (unpaired) electrons. The molecule has 0 aliphatic carbocycles. The number of nitrogens with two attached hydrogens (primary N) is 1. The lowest BCUT2D eigenvalue weighted by atomic mass is 9.86. The summed E-state index contributed by atoms with van der Waals surface area (Å²) < 4.78 is 0. The maximum atomic E-state index is 9.29. The third-order valence-electron chi connectivity index (χ3n) is 2.60. The van der Waals surface area contributed by atoms with Crippen molar-refractivity contribution in [2.75, 3.05) is 19.6 Å². The van der Waals surface area contributed by atoms with Crippen LogP contribution in [0, 0.1) is 0 Å². The maximum Gasteiger partial charge on any atom is 0.0786 e. The van der Waals surface area contributed by atoms with Crippen LogP contribution in [0.25, 0.3) is 0 Å². The molecule has 15 heavy (non-hydrogen) atoms. The summed E-state index contributed by atoms with van der Waals surface area (Å²) in [7, 11) is 0. The SMILES string of the molecule is CC(C)(CNCC(O)CN)c1cc[nH]c1. The lowest BCUT2D eigenvalue weighted by molar-refractivity contribution is 0.177. The second kappa shape index (κ2) is 5.30. The first-order valence-electron chi connectivity index (χ1n) is 5.28. The van der Waals surface area contributed by atoms with Crippen molar-refractivity contribution in [2.45, 2.75) is 25.4 Å². The molecule has 0 aliphatic heterocycles. The monoisotopic (exact) mass is 211 g/mol. The van der Waals surface area contributed by atoms with Crippen molar-refractivity contribution in [3.05, 3.63) is 24.0 Å². The Kier molecular flexibility index (Phi) is 4.32. The van der Waals surface area contributed by atoms with Crippen molar-refractivity contribution in [3.63, 3.8) is 0 Å². The third-order valence-corrected chi connectivity index (χ3v) is 2.60. The molecular formula is C11H21N3O. The van der Waals surface area contributed by atoms with E-state index in [4.69, 9.17) is 5.73 Å². The second-order valence-electron chi connectivity index (χ2n) is 4.50. The predicted molar refractivity (Wildman–Crippen MR) is 61.7 cm³/mol. The molecule has 0 saturated carbocycles. The van der Waals surface area contributed by atoms with Crippen LogP contribution in [0.2, 0.25) is 0 Å². The smallest absolute Gasteiger partial charge is 0.0786 e. The van der Waals surface area contributed by atoms with Crippen molar-refractivity contribution in [1.82, 2.24) is 10.3 Å². The van der Waals surface area contributed by atoms with E-state index in [1.54, 1.807) is 0 Å². The molecule has 5 N–H and O–H groups in total. The van der Waals surface area contributed by atoms with E-state index in [1.165, 1.54) is 5.56 Å². The van der Waals surface area contributed by atoms with Gasteiger partial charge in [0.1, 0.15) is 0 Å². The van der Waals surface area contributed by atoms with Crippen LogP contribution in [-0.4, -0.2) is 35.8 Å². The molecule has 0 spiro atoms. The van der Waals surface area contributed by atoms with Crippen molar-refractivity contribution >= 4 is 0 Å². The molecule has 4 nitrogen and oxygen atoms in total. The highest BCUT2D eigenvalue weighted by Crippen LogP contribution is 2.21. The highest BCUT2D eigenvalue weighted by Gasteiger charge is 2.20. The number of hydrogen-bond acceptors (Lipinski definition) is 3. The first-order chi connectivity index (χ1) is 7.06. The Labute approximate surface area is 90.9 Å².